The number of nitrogens with one attached hydrogen (secondary N) is 2. The van der Waals surface area contributed by atoms with Gasteiger partial charge in [-0.15, -0.1) is 0 Å². The Bertz CT molecular complexity index is 485. The van der Waals surface area contributed by atoms with E-state index in [4.69, 9.17) is 0 Å². The van der Waals surface area contributed by atoms with Gasteiger partial charge in [-0.1, -0.05) is 26.0 Å². The lowest BCUT2D eigenvalue weighted by molar-refractivity contribution is -0.119. The molecule has 1 aromatic carbocycles. The molecule has 0 fully saturated rings. The Hall–Kier alpha value is -1.88. The maximum atomic E-state index is 12.2. The maximum Gasteiger partial charge on any atom is 0.251 e. The fraction of sp³-hybridized carbons (Fsp3) is 0.529. The predicted octanol–water partition coefficient (Wildman–Crippen LogP) is 1.85. The number of rotatable bonds is 8. The van der Waals surface area contributed by atoms with E-state index < -0.39 is 0 Å². The lowest BCUT2D eigenvalue weighted by atomic mass is 9.83. The number of carbonyl (C=O) groups excluding carboxylic acids is 2. The number of carbonyl (C=O) groups is 2. The molecular formula is C17H26N2O3. The predicted molar refractivity (Wildman–Crippen MR) is 86.4 cm³/mol. The zero-order valence-electron chi connectivity index (χ0n) is 13.6. The largest absolute Gasteiger partial charge is 0.396 e. The SMILES string of the molecule is CCC(CC)(CO)CNC(=O)c1ccc(CNC(C)=O)cc1. The monoisotopic (exact) mass is 306 g/mol. The second-order valence-electron chi connectivity index (χ2n) is 5.65. The highest BCUT2D eigenvalue weighted by Crippen LogP contribution is 2.24. The summed E-state index contributed by atoms with van der Waals surface area (Å²) in [4.78, 5) is 23.0. The molecule has 0 saturated heterocycles. The summed E-state index contributed by atoms with van der Waals surface area (Å²) < 4.78 is 0. The standard InChI is InChI=1S/C17H26N2O3/c1-4-17(5-2,12-20)11-19-16(22)15-8-6-14(7-9-15)10-18-13(3)21/h6-9,20H,4-5,10-12H2,1-3H3,(H,18,21)(H,19,22). The molecular weight excluding hydrogens is 280 g/mol. The summed E-state index contributed by atoms with van der Waals surface area (Å²) >= 11 is 0. The first-order valence-electron chi connectivity index (χ1n) is 7.68. The number of amides is 2. The lowest BCUT2D eigenvalue weighted by Gasteiger charge is -2.29. The van der Waals surface area contributed by atoms with Crippen molar-refractivity contribution in [3.63, 3.8) is 0 Å². The van der Waals surface area contributed by atoms with E-state index >= 15 is 0 Å². The maximum absolute atomic E-state index is 12.2. The van der Waals surface area contributed by atoms with Gasteiger partial charge < -0.3 is 15.7 Å². The van der Waals surface area contributed by atoms with E-state index in [-0.39, 0.29) is 23.8 Å². The first-order chi connectivity index (χ1) is 10.5. The Morgan fingerprint density at radius 1 is 1.09 bits per heavy atom. The van der Waals surface area contributed by atoms with Crippen molar-refractivity contribution in [3.05, 3.63) is 35.4 Å². The summed E-state index contributed by atoms with van der Waals surface area (Å²) in [7, 11) is 0. The number of hydrogen-bond acceptors (Lipinski definition) is 3. The Balaban J connectivity index is 2.60. The van der Waals surface area contributed by atoms with Crippen LogP contribution >= 0.6 is 0 Å². The molecule has 0 aliphatic carbocycles. The average molecular weight is 306 g/mol. The van der Waals surface area contributed by atoms with E-state index in [2.05, 4.69) is 10.6 Å². The topological polar surface area (TPSA) is 78.4 Å². The van der Waals surface area contributed by atoms with Crippen molar-refractivity contribution in [2.45, 2.75) is 40.2 Å². The van der Waals surface area contributed by atoms with Gasteiger partial charge in [0.25, 0.3) is 5.91 Å². The molecule has 0 atom stereocenters. The third-order valence-electron chi connectivity index (χ3n) is 4.22. The molecule has 0 unspecified atom stereocenters. The van der Waals surface area contributed by atoms with E-state index in [9.17, 15) is 14.7 Å². The molecule has 5 heteroatoms. The second kappa shape index (κ2) is 8.54. The number of aliphatic hydroxyl groups excluding tert-OH is 1. The summed E-state index contributed by atoms with van der Waals surface area (Å²) in [6.45, 7) is 6.48. The molecule has 0 saturated carbocycles. The van der Waals surface area contributed by atoms with Gasteiger partial charge in [0, 0.05) is 31.0 Å². The molecule has 122 valence electrons. The first-order valence-corrected chi connectivity index (χ1v) is 7.68. The molecule has 0 aliphatic rings. The molecule has 0 bridgehead atoms. The van der Waals surface area contributed by atoms with Crippen LogP contribution in [0.2, 0.25) is 0 Å². The molecule has 3 N–H and O–H groups in total. The summed E-state index contributed by atoms with van der Waals surface area (Å²) in [5, 5.41) is 15.1. The molecule has 5 nitrogen and oxygen atoms in total. The molecule has 22 heavy (non-hydrogen) atoms. The van der Waals surface area contributed by atoms with Crippen molar-refractivity contribution in [3.8, 4) is 0 Å². The van der Waals surface area contributed by atoms with E-state index in [1.54, 1.807) is 12.1 Å². The molecule has 0 aliphatic heterocycles. The fourth-order valence-corrected chi connectivity index (χ4v) is 2.15. The van der Waals surface area contributed by atoms with E-state index in [0.717, 1.165) is 18.4 Å². The van der Waals surface area contributed by atoms with Crippen LogP contribution < -0.4 is 10.6 Å². The van der Waals surface area contributed by atoms with Crippen LogP contribution in [0, 0.1) is 5.41 Å². The minimum Gasteiger partial charge on any atom is -0.396 e. The quantitative estimate of drug-likeness (QED) is 0.686. The summed E-state index contributed by atoms with van der Waals surface area (Å²) in [5.41, 5.74) is 1.27. The van der Waals surface area contributed by atoms with E-state index in [0.29, 0.717) is 18.7 Å². The minimum absolute atomic E-state index is 0.0654. The summed E-state index contributed by atoms with van der Waals surface area (Å²) in [5.74, 6) is -0.230. The van der Waals surface area contributed by atoms with Crippen LogP contribution in [0.4, 0.5) is 0 Å². The number of hydrogen-bond donors (Lipinski definition) is 3. The second-order valence-corrected chi connectivity index (χ2v) is 5.65. The van der Waals surface area contributed by atoms with Crippen LogP contribution in [-0.2, 0) is 11.3 Å². The molecule has 1 rings (SSSR count). The highest BCUT2D eigenvalue weighted by Gasteiger charge is 2.25. The van der Waals surface area contributed by atoms with E-state index in [1.165, 1.54) is 6.92 Å². The van der Waals surface area contributed by atoms with Crippen LogP contribution in [0.25, 0.3) is 0 Å². The van der Waals surface area contributed by atoms with Crippen molar-refractivity contribution in [1.29, 1.82) is 0 Å². The van der Waals surface area contributed by atoms with Gasteiger partial charge in [-0.05, 0) is 30.5 Å². The van der Waals surface area contributed by atoms with Crippen LogP contribution in [0.1, 0.15) is 49.5 Å². The van der Waals surface area contributed by atoms with Crippen LogP contribution in [0.5, 0.6) is 0 Å². The van der Waals surface area contributed by atoms with Crippen molar-refractivity contribution >= 4 is 11.8 Å². The highest BCUT2D eigenvalue weighted by molar-refractivity contribution is 5.94. The van der Waals surface area contributed by atoms with Crippen molar-refractivity contribution in [1.82, 2.24) is 10.6 Å². The van der Waals surface area contributed by atoms with Gasteiger partial charge in [-0.2, -0.15) is 0 Å². The molecule has 1 aromatic rings. The Kier molecular flexibility index (Phi) is 7.05. The smallest absolute Gasteiger partial charge is 0.251 e. The summed E-state index contributed by atoms with van der Waals surface area (Å²) in [6, 6.07) is 7.13. The summed E-state index contributed by atoms with van der Waals surface area (Å²) in [6.07, 6.45) is 1.63. The Labute approximate surface area is 132 Å². The third-order valence-corrected chi connectivity index (χ3v) is 4.22. The normalized spacial score (nSPS) is 11.1. The first kappa shape index (κ1) is 18.2. The van der Waals surface area contributed by atoms with E-state index in [1.807, 2.05) is 26.0 Å². The molecule has 0 heterocycles. The minimum atomic E-state index is -0.249. The average Bonchev–Trinajstić information content (AvgIpc) is 2.55. The molecule has 2 amide bonds. The zero-order valence-corrected chi connectivity index (χ0v) is 13.6. The van der Waals surface area contributed by atoms with Crippen molar-refractivity contribution in [2.24, 2.45) is 5.41 Å². The van der Waals surface area contributed by atoms with Gasteiger partial charge in [0.2, 0.25) is 5.91 Å². The van der Waals surface area contributed by atoms with Gasteiger partial charge >= 0.3 is 0 Å². The fourth-order valence-electron chi connectivity index (χ4n) is 2.15. The zero-order chi connectivity index (χ0) is 16.6. The Morgan fingerprint density at radius 2 is 1.68 bits per heavy atom. The van der Waals surface area contributed by atoms with Gasteiger partial charge in [0.05, 0.1) is 6.61 Å². The Morgan fingerprint density at radius 3 is 2.14 bits per heavy atom. The van der Waals surface area contributed by atoms with Gasteiger partial charge in [-0.3, -0.25) is 9.59 Å². The highest BCUT2D eigenvalue weighted by atomic mass is 16.3. The van der Waals surface area contributed by atoms with Crippen LogP contribution in [0.15, 0.2) is 24.3 Å². The van der Waals surface area contributed by atoms with Crippen molar-refractivity contribution in [2.75, 3.05) is 13.2 Å². The van der Waals surface area contributed by atoms with Crippen LogP contribution in [-0.4, -0.2) is 30.1 Å². The van der Waals surface area contributed by atoms with Gasteiger partial charge in [0.1, 0.15) is 0 Å². The number of benzene rings is 1. The third kappa shape index (κ3) is 5.15. The molecule has 0 spiro atoms. The van der Waals surface area contributed by atoms with Crippen molar-refractivity contribution < 1.29 is 14.7 Å². The lowest BCUT2D eigenvalue weighted by Crippen LogP contribution is -2.39. The van der Waals surface area contributed by atoms with Crippen LogP contribution in [0.3, 0.4) is 0 Å². The molecule has 0 aromatic heterocycles. The number of aliphatic hydroxyl groups is 1. The van der Waals surface area contributed by atoms with Gasteiger partial charge in [0.15, 0.2) is 0 Å². The molecule has 0 radical (unpaired) electrons. The van der Waals surface area contributed by atoms with Gasteiger partial charge in [-0.25, -0.2) is 0 Å².